The van der Waals surface area contributed by atoms with Crippen molar-refractivity contribution in [3.8, 4) is 0 Å². The average Bonchev–Trinajstić information content (AvgIpc) is 3.10. The number of carbonyl (C=O) groups excluding carboxylic acids is 1. The van der Waals surface area contributed by atoms with Crippen molar-refractivity contribution < 1.29 is 4.79 Å². The van der Waals surface area contributed by atoms with Gasteiger partial charge in [0.05, 0.1) is 5.69 Å². The second-order valence-corrected chi connectivity index (χ2v) is 8.11. The maximum absolute atomic E-state index is 12.5. The van der Waals surface area contributed by atoms with E-state index >= 15 is 0 Å². The molecule has 1 saturated heterocycles. The lowest BCUT2D eigenvalue weighted by Gasteiger charge is -2.28. The highest BCUT2D eigenvalue weighted by Crippen LogP contribution is 2.23. The Labute approximate surface area is 187 Å². The molecule has 2 unspecified atom stereocenters. The third kappa shape index (κ3) is 6.12. The summed E-state index contributed by atoms with van der Waals surface area (Å²) in [5, 5.41) is 6.57. The van der Waals surface area contributed by atoms with E-state index in [1.165, 1.54) is 0 Å². The van der Waals surface area contributed by atoms with E-state index in [9.17, 15) is 4.79 Å². The number of piperidine rings is 1. The van der Waals surface area contributed by atoms with Crippen molar-refractivity contribution in [1.82, 2.24) is 20.0 Å². The summed E-state index contributed by atoms with van der Waals surface area (Å²) in [6.45, 7) is 3.12. The largest absolute Gasteiger partial charge is 0.349 e. The molecule has 29 heavy (non-hydrogen) atoms. The highest BCUT2D eigenvalue weighted by atomic mass is 35.5. The van der Waals surface area contributed by atoms with Crippen molar-refractivity contribution in [3.63, 3.8) is 0 Å². The number of nitrogens with one attached hydrogen (secondary N) is 2. The minimum atomic E-state index is 0. The molecule has 8 heteroatoms. The first-order chi connectivity index (χ1) is 13.2. The fraction of sp³-hybridized carbons (Fsp3) is 0.333. The van der Waals surface area contributed by atoms with E-state index in [1.807, 2.05) is 53.1 Å². The van der Waals surface area contributed by atoms with E-state index in [-0.39, 0.29) is 36.8 Å². The standard InChI is InChI=1S/C21H24N4OS.2ClH/c1-15-12-17(9-10-22-15)24-21(26)16-5-7-19(8-6-16)27-14-18-13-25-11-3-2-4-20(25)23-18;;/h2-8,11,13,15,17,22H,9-10,12,14H2,1H3,(H,24,26);2*1H. The van der Waals surface area contributed by atoms with Crippen molar-refractivity contribution in [1.29, 1.82) is 0 Å². The molecule has 0 bridgehead atoms. The topological polar surface area (TPSA) is 58.4 Å². The second-order valence-electron chi connectivity index (χ2n) is 7.06. The molecule has 1 aliphatic heterocycles. The molecule has 3 heterocycles. The van der Waals surface area contributed by atoms with Gasteiger partial charge >= 0.3 is 0 Å². The average molecular weight is 453 g/mol. The monoisotopic (exact) mass is 452 g/mol. The van der Waals surface area contributed by atoms with E-state index in [0.29, 0.717) is 6.04 Å². The van der Waals surface area contributed by atoms with Crippen molar-refractivity contribution in [2.24, 2.45) is 0 Å². The third-order valence-electron chi connectivity index (χ3n) is 4.88. The molecule has 1 fully saturated rings. The minimum Gasteiger partial charge on any atom is -0.349 e. The molecule has 2 atom stereocenters. The maximum Gasteiger partial charge on any atom is 0.251 e. The van der Waals surface area contributed by atoms with E-state index in [0.717, 1.165) is 46.9 Å². The van der Waals surface area contributed by atoms with Gasteiger partial charge in [-0.3, -0.25) is 4.79 Å². The zero-order valence-corrected chi connectivity index (χ0v) is 18.7. The molecule has 0 saturated carbocycles. The minimum absolute atomic E-state index is 0. The zero-order valence-electron chi connectivity index (χ0n) is 16.2. The SMILES string of the molecule is CC1CC(NC(=O)c2ccc(SCc3cn4ccccc4n3)cc2)CCN1.Cl.Cl. The number of benzene rings is 1. The number of hydrogen-bond donors (Lipinski definition) is 2. The Kier molecular flexibility index (Phi) is 8.83. The molecule has 1 amide bonds. The van der Waals surface area contributed by atoms with Crippen LogP contribution in [0.15, 0.2) is 59.8 Å². The number of aromatic nitrogens is 2. The van der Waals surface area contributed by atoms with Crippen LogP contribution in [0.5, 0.6) is 0 Å². The molecular formula is C21H26Cl2N4OS. The fourth-order valence-electron chi connectivity index (χ4n) is 3.45. The number of pyridine rings is 1. The summed E-state index contributed by atoms with van der Waals surface area (Å²) < 4.78 is 2.03. The Balaban J connectivity index is 0.00000150. The zero-order chi connectivity index (χ0) is 18.6. The van der Waals surface area contributed by atoms with E-state index in [4.69, 9.17) is 0 Å². The molecule has 2 N–H and O–H groups in total. The van der Waals surface area contributed by atoms with E-state index in [1.54, 1.807) is 11.8 Å². The summed E-state index contributed by atoms with van der Waals surface area (Å²) in [5.74, 6) is 0.825. The summed E-state index contributed by atoms with van der Waals surface area (Å²) in [6.07, 6.45) is 6.04. The smallest absolute Gasteiger partial charge is 0.251 e. The molecule has 4 rings (SSSR count). The van der Waals surface area contributed by atoms with Gasteiger partial charge in [0.25, 0.3) is 5.91 Å². The van der Waals surface area contributed by atoms with Crippen LogP contribution in [0.1, 0.15) is 35.8 Å². The number of fused-ring (bicyclic) bond motifs is 1. The fourth-order valence-corrected chi connectivity index (χ4v) is 4.23. The van der Waals surface area contributed by atoms with Crippen LogP contribution in [0, 0.1) is 0 Å². The Morgan fingerprint density at radius 2 is 2.03 bits per heavy atom. The lowest BCUT2D eigenvalue weighted by Crippen LogP contribution is -2.46. The molecule has 1 aromatic carbocycles. The van der Waals surface area contributed by atoms with Gasteiger partial charge in [-0.1, -0.05) is 6.07 Å². The Bertz CT molecular complexity index is 899. The van der Waals surface area contributed by atoms with Gasteiger partial charge in [-0.05, 0) is 62.7 Å². The van der Waals surface area contributed by atoms with Crippen LogP contribution in [0.4, 0.5) is 0 Å². The number of amides is 1. The molecule has 1 aliphatic rings. The number of carbonyl (C=O) groups is 1. The Morgan fingerprint density at radius 1 is 1.24 bits per heavy atom. The van der Waals surface area contributed by atoms with Crippen LogP contribution in [0.2, 0.25) is 0 Å². The number of hydrogen-bond acceptors (Lipinski definition) is 4. The summed E-state index contributed by atoms with van der Waals surface area (Å²) >= 11 is 1.73. The molecule has 156 valence electrons. The summed E-state index contributed by atoms with van der Waals surface area (Å²) in [4.78, 5) is 18.2. The molecular weight excluding hydrogens is 427 g/mol. The summed E-state index contributed by atoms with van der Waals surface area (Å²) in [7, 11) is 0. The number of rotatable bonds is 5. The molecule has 3 aromatic rings. The van der Waals surface area contributed by atoms with Gasteiger partial charge in [0.15, 0.2) is 0 Å². The van der Waals surface area contributed by atoms with Gasteiger partial charge in [-0.25, -0.2) is 4.98 Å². The van der Waals surface area contributed by atoms with Gasteiger partial charge in [0.1, 0.15) is 5.65 Å². The van der Waals surface area contributed by atoms with E-state index in [2.05, 4.69) is 28.7 Å². The van der Waals surface area contributed by atoms with Crippen LogP contribution < -0.4 is 10.6 Å². The molecule has 0 radical (unpaired) electrons. The lowest BCUT2D eigenvalue weighted by molar-refractivity contribution is 0.0925. The second kappa shape index (κ2) is 10.9. The Hall–Kier alpha value is -1.73. The van der Waals surface area contributed by atoms with E-state index < -0.39 is 0 Å². The highest BCUT2D eigenvalue weighted by molar-refractivity contribution is 7.98. The Morgan fingerprint density at radius 3 is 2.76 bits per heavy atom. The molecule has 5 nitrogen and oxygen atoms in total. The van der Waals surface area contributed by atoms with Crippen LogP contribution in [0.25, 0.3) is 5.65 Å². The van der Waals surface area contributed by atoms with Crippen molar-refractivity contribution >= 4 is 48.1 Å². The van der Waals surface area contributed by atoms with Gasteiger partial charge < -0.3 is 15.0 Å². The summed E-state index contributed by atoms with van der Waals surface area (Å²) in [5.41, 5.74) is 2.73. The van der Waals surface area contributed by atoms with Crippen molar-refractivity contribution in [2.45, 2.75) is 42.5 Å². The quantitative estimate of drug-likeness (QED) is 0.565. The van der Waals surface area contributed by atoms with Crippen LogP contribution in [-0.4, -0.2) is 33.9 Å². The normalized spacial score (nSPS) is 18.5. The van der Waals surface area contributed by atoms with Gasteiger partial charge in [0.2, 0.25) is 0 Å². The maximum atomic E-state index is 12.5. The number of imidazole rings is 1. The lowest BCUT2D eigenvalue weighted by atomic mass is 10.0. The van der Waals surface area contributed by atoms with Gasteiger partial charge in [0, 0.05) is 40.7 Å². The van der Waals surface area contributed by atoms with Crippen LogP contribution in [-0.2, 0) is 5.75 Å². The van der Waals surface area contributed by atoms with Crippen LogP contribution in [0.3, 0.4) is 0 Å². The first-order valence-corrected chi connectivity index (χ1v) is 10.4. The van der Waals surface area contributed by atoms with Crippen LogP contribution >= 0.6 is 36.6 Å². The molecule has 0 spiro atoms. The number of nitrogens with zero attached hydrogens (tertiary/aromatic N) is 2. The van der Waals surface area contributed by atoms with Gasteiger partial charge in [-0.15, -0.1) is 36.6 Å². The predicted molar refractivity (Wildman–Crippen MR) is 124 cm³/mol. The van der Waals surface area contributed by atoms with Crippen molar-refractivity contribution in [2.75, 3.05) is 6.54 Å². The summed E-state index contributed by atoms with van der Waals surface area (Å²) in [6, 6.07) is 14.6. The van der Waals surface area contributed by atoms with Gasteiger partial charge in [-0.2, -0.15) is 0 Å². The number of halogens is 2. The van der Waals surface area contributed by atoms with Crippen molar-refractivity contribution in [3.05, 3.63) is 66.1 Å². The first-order valence-electron chi connectivity index (χ1n) is 9.37. The number of thioether (sulfide) groups is 1. The first kappa shape index (κ1) is 23.5. The molecule has 2 aromatic heterocycles. The highest BCUT2D eigenvalue weighted by Gasteiger charge is 2.20. The molecule has 0 aliphatic carbocycles. The predicted octanol–water partition coefficient (Wildman–Crippen LogP) is 4.34. The third-order valence-corrected chi connectivity index (χ3v) is 5.92.